The molecule has 0 spiro atoms. The molecule has 84 valence electrons. The molecule has 0 aliphatic heterocycles. The molecule has 0 unspecified atom stereocenters. The molecule has 5 nitrogen and oxygen atoms in total. The summed E-state index contributed by atoms with van der Waals surface area (Å²) in [6, 6.07) is 4.35. The Hall–Kier alpha value is -2.17. The average Bonchev–Trinajstić information content (AvgIpc) is 2.15. The van der Waals surface area contributed by atoms with E-state index in [1.165, 1.54) is 12.1 Å². The van der Waals surface area contributed by atoms with E-state index in [0.29, 0.717) is 16.7 Å². The van der Waals surface area contributed by atoms with Crippen LogP contribution in [-0.2, 0) is 4.79 Å². The van der Waals surface area contributed by atoms with Crippen LogP contribution >= 0.6 is 0 Å². The number of nitrogens with zero attached hydrogens (tertiary/aromatic N) is 1. The maximum absolute atomic E-state index is 10.5. The second-order valence-corrected chi connectivity index (χ2v) is 3.42. The van der Waals surface area contributed by atoms with Gasteiger partial charge in [-0.15, -0.1) is 0 Å². The number of carboxylic acids is 1. The van der Waals surface area contributed by atoms with Crippen molar-refractivity contribution in [1.82, 2.24) is 0 Å². The molecular weight excluding hydrogens is 210 g/mol. The Morgan fingerprint density at radius 2 is 2.12 bits per heavy atom. The lowest BCUT2D eigenvalue weighted by Gasteiger charge is -2.04. The molecule has 1 aromatic carbocycles. The van der Waals surface area contributed by atoms with E-state index in [1.54, 1.807) is 19.9 Å². The van der Waals surface area contributed by atoms with Crippen LogP contribution in [0.2, 0.25) is 0 Å². The lowest BCUT2D eigenvalue weighted by atomic mass is 10.0. The first-order chi connectivity index (χ1) is 7.41. The first-order valence-corrected chi connectivity index (χ1v) is 4.58. The number of hydrogen-bond acceptors (Lipinski definition) is 3. The minimum Gasteiger partial charge on any atom is -0.478 e. The molecule has 1 N–H and O–H groups in total. The summed E-state index contributed by atoms with van der Waals surface area (Å²) >= 11 is 0. The van der Waals surface area contributed by atoms with E-state index in [1.807, 2.05) is 0 Å². The summed E-state index contributed by atoms with van der Waals surface area (Å²) in [5.41, 5.74) is 1.96. The minimum atomic E-state index is -1.03. The highest BCUT2D eigenvalue weighted by molar-refractivity contribution is 5.90. The normalized spacial score (nSPS) is 11.2. The third kappa shape index (κ3) is 2.66. The van der Waals surface area contributed by atoms with Gasteiger partial charge in [0, 0.05) is 18.2 Å². The summed E-state index contributed by atoms with van der Waals surface area (Å²) in [7, 11) is 0. The van der Waals surface area contributed by atoms with Gasteiger partial charge < -0.3 is 5.11 Å². The Kier molecular flexibility index (Phi) is 3.40. The molecule has 16 heavy (non-hydrogen) atoms. The fourth-order valence-electron chi connectivity index (χ4n) is 1.47. The number of allylic oxidation sites excluding steroid dienone is 1. The first-order valence-electron chi connectivity index (χ1n) is 4.58. The molecule has 1 aromatic rings. The number of carboxylic acid groups (broad SMARTS) is 1. The number of carbonyl (C=O) groups is 1. The fourth-order valence-corrected chi connectivity index (χ4v) is 1.47. The molecule has 0 aromatic heterocycles. The van der Waals surface area contributed by atoms with E-state index in [-0.39, 0.29) is 5.69 Å². The van der Waals surface area contributed by atoms with Crippen molar-refractivity contribution in [3.8, 4) is 0 Å². The van der Waals surface area contributed by atoms with E-state index in [4.69, 9.17) is 5.11 Å². The Morgan fingerprint density at radius 1 is 1.50 bits per heavy atom. The third-order valence-corrected chi connectivity index (χ3v) is 2.19. The average molecular weight is 221 g/mol. The number of nitro groups is 1. The van der Waals surface area contributed by atoms with Gasteiger partial charge in [0.1, 0.15) is 0 Å². The molecule has 0 atom stereocenters. The van der Waals surface area contributed by atoms with Crippen LogP contribution in [0, 0.1) is 17.0 Å². The largest absolute Gasteiger partial charge is 0.478 e. The second kappa shape index (κ2) is 4.57. The SMILES string of the molecule is C/C(=C/C(=O)O)c1ccc([N+](=O)[O-])cc1C. The fraction of sp³-hybridized carbons (Fsp3) is 0.182. The van der Waals surface area contributed by atoms with Crippen LogP contribution in [0.25, 0.3) is 5.57 Å². The van der Waals surface area contributed by atoms with Gasteiger partial charge in [-0.1, -0.05) is 0 Å². The molecule has 0 aliphatic rings. The lowest BCUT2D eigenvalue weighted by molar-refractivity contribution is -0.384. The van der Waals surface area contributed by atoms with Gasteiger partial charge >= 0.3 is 5.97 Å². The van der Waals surface area contributed by atoms with E-state index >= 15 is 0 Å². The molecule has 0 saturated carbocycles. The number of non-ortho nitro benzene ring substituents is 1. The summed E-state index contributed by atoms with van der Waals surface area (Å²) in [6.07, 6.45) is 1.08. The van der Waals surface area contributed by atoms with Crippen LogP contribution in [0.5, 0.6) is 0 Å². The van der Waals surface area contributed by atoms with Gasteiger partial charge in [-0.25, -0.2) is 4.79 Å². The predicted octanol–water partition coefficient (Wildman–Crippen LogP) is 2.39. The van der Waals surface area contributed by atoms with Crippen molar-refractivity contribution in [3.05, 3.63) is 45.5 Å². The number of hydrogen-bond donors (Lipinski definition) is 1. The zero-order valence-electron chi connectivity index (χ0n) is 8.93. The summed E-state index contributed by atoms with van der Waals surface area (Å²) < 4.78 is 0. The van der Waals surface area contributed by atoms with Crippen molar-refractivity contribution in [2.24, 2.45) is 0 Å². The lowest BCUT2D eigenvalue weighted by Crippen LogP contribution is -1.94. The molecule has 0 amide bonds. The van der Waals surface area contributed by atoms with Crippen LogP contribution in [0.15, 0.2) is 24.3 Å². The molecule has 0 saturated heterocycles. The van der Waals surface area contributed by atoms with Gasteiger partial charge in [0.25, 0.3) is 5.69 Å². The monoisotopic (exact) mass is 221 g/mol. The van der Waals surface area contributed by atoms with Crippen LogP contribution < -0.4 is 0 Å². The van der Waals surface area contributed by atoms with E-state index < -0.39 is 10.9 Å². The summed E-state index contributed by atoms with van der Waals surface area (Å²) in [5.74, 6) is -1.03. The molecular formula is C11H11NO4. The highest BCUT2D eigenvalue weighted by atomic mass is 16.6. The molecule has 0 fully saturated rings. The first kappa shape index (κ1) is 11.9. The van der Waals surface area contributed by atoms with Crippen LogP contribution in [0.1, 0.15) is 18.1 Å². The van der Waals surface area contributed by atoms with Crippen molar-refractivity contribution < 1.29 is 14.8 Å². The molecule has 0 heterocycles. The Bertz CT molecular complexity index is 477. The molecule has 1 rings (SSSR count). The topological polar surface area (TPSA) is 80.4 Å². The van der Waals surface area contributed by atoms with E-state index in [2.05, 4.69) is 0 Å². The van der Waals surface area contributed by atoms with Gasteiger partial charge in [-0.2, -0.15) is 0 Å². The summed E-state index contributed by atoms with van der Waals surface area (Å²) in [6.45, 7) is 3.36. The van der Waals surface area contributed by atoms with Gasteiger partial charge in [-0.05, 0) is 36.6 Å². The quantitative estimate of drug-likeness (QED) is 0.482. The Labute approximate surface area is 92.2 Å². The Balaban J connectivity index is 3.18. The minimum absolute atomic E-state index is 0.00405. The van der Waals surface area contributed by atoms with Crippen molar-refractivity contribution in [2.75, 3.05) is 0 Å². The van der Waals surface area contributed by atoms with E-state index in [9.17, 15) is 14.9 Å². The van der Waals surface area contributed by atoms with Gasteiger partial charge in [0.2, 0.25) is 0 Å². The van der Waals surface area contributed by atoms with Crippen molar-refractivity contribution in [1.29, 1.82) is 0 Å². The maximum atomic E-state index is 10.5. The highest BCUT2D eigenvalue weighted by Crippen LogP contribution is 2.22. The van der Waals surface area contributed by atoms with Gasteiger partial charge in [0.05, 0.1) is 4.92 Å². The van der Waals surface area contributed by atoms with Gasteiger partial charge in [-0.3, -0.25) is 10.1 Å². The number of aliphatic carboxylic acids is 1. The summed E-state index contributed by atoms with van der Waals surface area (Å²) in [4.78, 5) is 20.5. The van der Waals surface area contributed by atoms with Crippen LogP contribution in [0.3, 0.4) is 0 Å². The maximum Gasteiger partial charge on any atom is 0.328 e. The highest BCUT2D eigenvalue weighted by Gasteiger charge is 2.09. The summed E-state index contributed by atoms with van der Waals surface area (Å²) in [5, 5.41) is 19.1. The molecule has 5 heteroatoms. The van der Waals surface area contributed by atoms with Gasteiger partial charge in [0.15, 0.2) is 0 Å². The predicted molar refractivity (Wildman–Crippen MR) is 59.1 cm³/mol. The number of rotatable bonds is 3. The zero-order valence-corrected chi connectivity index (χ0v) is 8.93. The third-order valence-electron chi connectivity index (χ3n) is 2.19. The second-order valence-electron chi connectivity index (χ2n) is 3.42. The molecule has 0 radical (unpaired) electrons. The van der Waals surface area contributed by atoms with Crippen molar-refractivity contribution in [2.45, 2.75) is 13.8 Å². The van der Waals surface area contributed by atoms with E-state index in [0.717, 1.165) is 6.08 Å². The molecule has 0 bridgehead atoms. The molecule has 0 aliphatic carbocycles. The smallest absolute Gasteiger partial charge is 0.328 e. The standard InChI is InChI=1S/C11H11NO4/c1-7-5-9(12(15)16)3-4-10(7)8(2)6-11(13)14/h3-6H,1-2H3,(H,13,14)/b8-6-. The zero-order chi connectivity index (χ0) is 12.3. The number of aryl methyl sites for hydroxylation is 1. The Morgan fingerprint density at radius 3 is 2.56 bits per heavy atom. The van der Waals surface area contributed by atoms with Crippen molar-refractivity contribution in [3.63, 3.8) is 0 Å². The van der Waals surface area contributed by atoms with Crippen molar-refractivity contribution >= 4 is 17.2 Å². The van der Waals surface area contributed by atoms with Crippen LogP contribution in [0.4, 0.5) is 5.69 Å². The number of benzene rings is 1. The van der Waals surface area contributed by atoms with Crippen LogP contribution in [-0.4, -0.2) is 16.0 Å². The number of nitro benzene ring substituents is 1.